The van der Waals surface area contributed by atoms with Crippen LogP contribution in [0.2, 0.25) is 0 Å². The summed E-state index contributed by atoms with van der Waals surface area (Å²) in [4.78, 5) is 3.56. The number of likely N-dealkylation sites (tertiary alicyclic amines) is 1. The summed E-state index contributed by atoms with van der Waals surface area (Å²) in [6.45, 7) is 2.21. The van der Waals surface area contributed by atoms with E-state index in [4.69, 9.17) is 0 Å². The third-order valence-corrected chi connectivity index (χ3v) is 5.49. The van der Waals surface area contributed by atoms with Gasteiger partial charge in [-0.2, -0.15) is 0 Å². The lowest BCUT2D eigenvalue weighted by molar-refractivity contribution is 0.256. The number of nitrogens with zero attached hydrogens (tertiary/aromatic N) is 1. The van der Waals surface area contributed by atoms with Crippen LogP contribution >= 0.6 is 11.8 Å². The molecule has 0 radical (unpaired) electrons. The van der Waals surface area contributed by atoms with Crippen LogP contribution in [0.3, 0.4) is 0 Å². The number of thioether (sulfide) groups is 1. The van der Waals surface area contributed by atoms with Crippen LogP contribution in [-0.4, -0.2) is 30.3 Å². The maximum absolute atomic E-state index is 13.0. The molecule has 0 aromatic heterocycles. The largest absolute Gasteiger partial charge is 0.306 e. The van der Waals surface area contributed by atoms with Crippen molar-refractivity contribution in [3.8, 4) is 0 Å². The fourth-order valence-electron chi connectivity index (χ4n) is 2.94. The van der Waals surface area contributed by atoms with Gasteiger partial charge in [-0.1, -0.05) is 30.3 Å². The van der Waals surface area contributed by atoms with E-state index in [1.54, 1.807) is 12.1 Å². The molecule has 1 nitrogen and oxygen atoms in total. The summed E-state index contributed by atoms with van der Waals surface area (Å²) in [7, 11) is 2.19. The summed E-state index contributed by atoms with van der Waals surface area (Å²) in [6, 6.07) is 17.6. The number of halogens is 1. The van der Waals surface area contributed by atoms with Crippen LogP contribution in [0.15, 0.2) is 59.5 Å². The molecule has 1 heterocycles. The molecule has 0 unspecified atom stereocenters. The van der Waals surface area contributed by atoms with Crippen molar-refractivity contribution in [2.75, 3.05) is 20.1 Å². The molecule has 1 aliphatic rings. The molecule has 110 valence electrons. The van der Waals surface area contributed by atoms with Crippen molar-refractivity contribution >= 4 is 11.8 Å². The van der Waals surface area contributed by atoms with Crippen LogP contribution in [-0.2, 0) is 0 Å². The average molecular weight is 301 g/mol. The smallest absolute Gasteiger partial charge is 0.123 e. The van der Waals surface area contributed by atoms with Crippen molar-refractivity contribution < 1.29 is 4.39 Å². The molecule has 21 heavy (non-hydrogen) atoms. The molecule has 1 fully saturated rings. The van der Waals surface area contributed by atoms with E-state index in [0.29, 0.717) is 11.2 Å². The first kappa shape index (κ1) is 14.6. The zero-order valence-electron chi connectivity index (χ0n) is 12.2. The fourth-order valence-corrected chi connectivity index (χ4v) is 4.22. The van der Waals surface area contributed by atoms with E-state index in [0.717, 1.165) is 24.4 Å². The minimum absolute atomic E-state index is 0.165. The predicted octanol–water partition coefficient (Wildman–Crippen LogP) is 4.41. The lowest BCUT2D eigenvalue weighted by Gasteiger charge is -2.36. The Bertz CT molecular complexity index is 570. The summed E-state index contributed by atoms with van der Waals surface area (Å²) < 4.78 is 13.0. The van der Waals surface area contributed by atoms with Gasteiger partial charge in [0.05, 0.1) is 0 Å². The second-order valence-corrected chi connectivity index (χ2v) is 6.99. The molecule has 0 N–H and O–H groups in total. The van der Waals surface area contributed by atoms with Gasteiger partial charge in [-0.15, -0.1) is 11.8 Å². The van der Waals surface area contributed by atoms with Gasteiger partial charge in [-0.05, 0) is 49.8 Å². The van der Waals surface area contributed by atoms with Gasteiger partial charge in [-0.3, -0.25) is 0 Å². The summed E-state index contributed by atoms with van der Waals surface area (Å²) >= 11 is 1.88. The lowest BCUT2D eigenvalue weighted by Crippen LogP contribution is -2.38. The standard InChI is InChI=1S/C18H20FNS/c1-20-12-11-18(21-16-9-7-15(19)8-10-16)17(13-20)14-5-3-2-4-6-14/h2-10,17-18H,11-13H2,1H3/t17-,18+/m0/s1. The third kappa shape index (κ3) is 3.66. The van der Waals surface area contributed by atoms with Crippen molar-refractivity contribution in [1.82, 2.24) is 4.90 Å². The third-order valence-electron chi connectivity index (χ3n) is 4.08. The Morgan fingerprint density at radius 2 is 1.76 bits per heavy atom. The maximum Gasteiger partial charge on any atom is 0.123 e. The fraction of sp³-hybridized carbons (Fsp3) is 0.333. The molecule has 3 heteroatoms. The Morgan fingerprint density at radius 3 is 2.48 bits per heavy atom. The summed E-state index contributed by atoms with van der Waals surface area (Å²) in [5, 5.41) is 0.550. The first-order valence-corrected chi connectivity index (χ1v) is 8.26. The molecule has 2 aromatic carbocycles. The van der Waals surface area contributed by atoms with E-state index >= 15 is 0 Å². The van der Waals surface area contributed by atoms with Crippen LogP contribution < -0.4 is 0 Å². The number of likely N-dealkylation sites (N-methyl/N-ethyl adjacent to an activating group) is 1. The molecule has 0 bridgehead atoms. The first-order valence-electron chi connectivity index (χ1n) is 7.38. The van der Waals surface area contributed by atoms with Crippen LogP contribution in [0.5, 0.6) is 0 Å². The quantitative estimate of drug-likeness (QED) is 0.826. The van der Waals surface area contributed by atoms with Crippen molar-refractivity contribution in [3.05, 3.63) is 66.0 Å². The lowest BCUT2D eigenvalue weighted by atomic mass is 9.90. The topological polar surface area (TPSA) is 3.24 Å². The first-order chi connectivity index (χ1) is 10.2. The van der Waals surface area contributed by atoms with Crippen LogP contribution in [0, 0.1) is 5.82 Å². The molecule has 2 atom stereocenters. The minimum atomic E-state index is -0.165. The normalized spacial score (nSPS) is 23.1. The minimum Gasteiger partial charge on any atom is -0.306 e. The molecule has 0 aliphatic carbocycles. The Kier molecular flexibility index (Phi) is 4.61. The molecule has 0 amide bonds. The zero-order chi connectivity index (χ0) is 14.7. The van der Waals surface area contributed by atoms with Crippen LogP contribution in [0.1, 0.15) is 17.9 Å². The molecule has 2 aromatic rings. The number of piperidine rings is 1. The number of benzene rings is 2. The molecule has 1 saturated heterocycles. The molecule has 0 spiro atoms. The van der Waals surface area contributed by atoms with Crippen LogP contribution in [0.4, 0.5) is 4.39 Å². The van der Waals surface area contributed by atoms with Gasteiger partial charge < -0.3 is 4.90 Å². The van der Waals surface area contributed by atoms with E-state index in [-0.39, 0.29) is 5.82 Å². The second kappa shape index (κ2) is 6.63. The molecule has 3 rings (SSSR count). The second-order valence-electron chi connectivity index (χ2n) is 5.68. The van der Waals surface area contributed by atoms with Crippen LogP contribution in [0.25, 0.3) is 0 Å². The zero-order valence-corrected chi connectivity index (χ0v) is 13.0. The van der Waals surface area contributed by atoms with Gasteiger partial charge in [0.25, 0.3) is 0 Å². The number of hydrogen-bond acceptors (Lipinski definition) is 2. The van der Waals surface area contributed by atoms with E-state index in [1.807, 2.05) is 23.9 Å². The molecular weight excluding hydrogens is 281 g/mol. The van der Waals surface area contributed by atoms with Crippen molar-refractivity contribution in [3.63, 3.8) is 0 Å². The number of hydrogen-bond donors (Lipinski definition) is 0. The molecule has 1 aliphatic heterocycles. The predicted molar refractivity (Wildman–Crippen MR) is 87.3 cm³/mol. The van der Waals surface area contributed by atoms with E-state index in [2.05, 4.69) is 42.3 Å². The Labute approximate surface area is 130 Å². The van der Waals surface area contributed by atoms with E-state index < -0.39 is 0 Å². The van der Waals surface area contributed by atoms with Gasteiger partial charge in [0.1, 0.15) is 5.82 Å². The maximum atomic E-state index is 13.0. The monoisotopic (exact) mass is 301 g/mol. The highest BCUT2D eigenvalue weighted by atomic mass is 32.2. The Morgan fingerprint density at radius 1 is 1.05 bits per heavy atom. The van der Waals surface area contributed by atoms with Crippen molar-refractivity contribution in [2.24, 2.45) is 0 Å². The Hall–Kier alpha value is -1.32. The number of rotatable bonds is 3. The van der Waals surface area contributed by atoms with E-state index in [9.17, 15) is 4.39 Å². The summed E-state index contributed by atoms with van der Waals surface area (Å²) in [6.07, 6.45) is 1.16. The van der Waals surface area contributed by atoms with E-state index in [1.165, 1.54) is 5.56 Å². The summed E-state index contributed by atoms with van der Waals surface area (Å²) in [5.41, 5.74) is 1.41. The van der Waals surface area contributed by atoms with Gasteiger partial charge in [-0.25, -0.2) is 4.39 Å². The average Bonchev–Trinajstić information content (AvgIpc) is 2.52. The van der Waals surface area contributed by atoms with Crippen molar-refractivity contribution in [2.45, 2.75) is 22.5 Å². The molecule has 0 saturated carbocycles. The summed E-state index contributed by atoms with van der Waals surface area (Å²) in [5.74, 6) is 0.363. The van der Waals surface area contributed by atoms with Gasteiger partial charge in [0.2, 0.25) is 0 Å². The van der Waals surface area contributed by atoms with Gasteiger partial charge in [0.15, 0.2) is 0 Å². The highest BCUT2D eigenvalue weighted by Gasteiger charge is 2.29. The SMILES string of the molecule is CN1CC[C@@H](Sc2ccc(F)cc2)[C@H](c2ccccc2)C1. The van der Waals surface area contributed by atoms with Gasteiger partial charge >= 0.3 is 0 Å². The highest BCUT2D eigenvalue weighted by molar-refractivity contribution is 8.00. The Balaban J connectivity index is 1.79. The van der Waals surface area contributed by atoms with Crippen molar-refractivity contribution in [1.29, 1.82) is 0 Å². The van der Waals surface area contributed by atoms with Gasteiger partial charge in [0, 0.05) is 22.6 Å². The highest BCUT2D eigenvalue weighted by Crippen LogP contribution is 2.38. The molecular formula is C18H20FNS.